The Morgan fingerprint density at radius 2 is 1.58 bits per heavy atom. The molecule has 4 aromatic rings. The van der Waals surface area contributed by atoms with Crippen molar-refractivity contribution in [3.63, 3.8) is 0 Å². The van der Waals surface area contributed by atoms with Gasteiger partial charge in [0.15, 0.2) is 11.6 Å². The largest absolute Gasteiger partial charge is 0.468 e. The maximum absolute atomic E-state index is 13.7. The van der Waals surface area contributed by atoms with Gasteiger partial charge in [-0.2, -0.15) is 0 Å². The molecule has 156 valence electrons. The third kappa shape index (κ3) is 5.05. The predicted molar refractivity (Wildman–Crippen MR) is 112 cm³/mol. The van der Waals surface area contributed by atoms with Gasteiger partial charge in [0.25, 0.3) is 5.88 Å². The third-order valence-corrected chi connectivity index (χ3v) is 4.40. The summed E-state index contributed by atoms with van der Waals surface area (Å²) in [7, 11) is 0. The molecule has 31 heavy (non-hydrogen) atoms. The van der Waals surface area contributed by atoms with Crippen molar-refractivity contribution in [3.05, 3.63) is 117 Å². The minimum Gasteiger partial charge on any atom is -0.468 e. The average Bonchev–Trinajstić information content (AvgIpc) is 2.78. The second-order valence-corrected chi connectivity index (χ2v) is 6.67. The van der Waals surface area contributed by atoms with Crippen molar-refractivity contribution >= 4 is 0 Å². The first kappa shape index (κ1) is 20.1. The van der Waals surface area contributed by atoms with E-state index in [1.54, 1.807) is 36.4 Å². The van der Waals surface area contributed by atoms with Crippen LogP contribution in [-0.4, -0.2) is 14.8 Å². The van der Waals surface area contributed by atoms with Crippen LogP contribution < -0.4 is 20.7 Å². The molecule has 0 atom stereocenters. The highest BCUT2D eigenvalue weighted by molar-refractivity contribution is 5.33. The maximum Gasteiger partial charge on any atom is 0.345 e. The van der Waals surface area contributed by atoms with Crippen molar-refractivity contribution in [2.24, 2.45) is 0 Å². The molecule has 0 aliphatic rings. The van der Waals surface area contributed by atoms with Crippen LogP contribution in [0.4, 0.5) is 4.39 Å². The number of benzene rings is 3. The number of para-hydroxylation sites is 1. The Labute approximate surface area is 176 Å². The molecule has 0 aliphatic heterocycles. The maximum atomic E-state index is 13.7. The molecule has 1 N–H and O–H groups in total. The Morgan fingerprint density at radius 3 is 2.32 bits per heavy atom. The number of halogens is 1. The van der Waals surface area contributed by atoms with Crippen molar-refractivity contribution < 1.29 is 13.9 Å². The lowest BCUT2D eigenvalue weighted by Gasteiger charge is -2.09. The average molecular weight is 419 g/mol. The van der Waals surface area contributed by atoms with Crippen molar-refractivity contribution in [2.75, 3.05) is 0 Å². The van der Waals surface area contributed by atoms with Gasteiger partial charge in [-0.05, 0) is 35.4 Å². The summed E-state index contributed by atoms with van der Waals surface area (Å²) in [6.07, 6.45) is 0. The molecule has 4 rings (SSSR count). The molecular weight excluding hydrogens is 401 g/mol. The molecule has 0 saturated carbocycles. The first-order valence-corrected chi connectivity index (χ1v) is 9.48. The Kier molecular flexibility index (Phi) is 5.89. The van der Waals surface area contributed by atoms with Crippen LogP contribution in [0.15, 0.2) is 88.5 Å². The first-order chi connectivity index (χ1) is 15.1. The van der Waals surface area contributed by atoms with Crippen molar-refractivity contribution in [1.82, 2.24) is 14.8 Å². The fourth-order valence-corrected chi connectivity index (χ4v) is 2.83. The van der Waals surface area contributed by atoms with E-state index in [4.69, 9.17) is 9.47 Å². The fraction of sp³-hybridized carbons (Fsp3) is 0.0870. The van der Waals surface area contributed by atoms with Crippen LogP contribution >= 0.6 is 0 Å². The van der Waals surface area contributed by atoms with Gasteiger partial charge < -0.3 is 9.47 Å². The molecule has 0 fully saturated rings. The summed E-state index contributed by atoms with van der Waals surface area (Å²) in [5.74, 6) is -0.0851. The van der Waals surface area contributed by atoms with Gasteiger partial charge in [0.1, 0.15) is 12.4 Å². The summed E-state index contributed by atoms with van der Waals surface area (Å²) in [4.78, 5) is 26.4. The number of H-pyrrole nitrogens is 1. The van der Waals surface area contributed by atoms with E-state index < -0.39 is 17.1 Å². The highest BCUT2D eigenvalue weighted by Gasteiger charge is 2.10. The lowest BCUT2D eigenvalue weighted by atomic mass is 10.2. The molecule has 0 aliphatic carbocycles. The monoisotopic (exact) mass is 419 g/mol. The number of hydrogen-bond acceptors (Lipinski definition) is 5. The lowest BCUT2D eigenvalue weighted by Crippen LogP contribution is -2.33. The molecule has 1 heterocycles. The smallest absolute Gasteiger partial charge is 0.345 e. The molecule has 0 amide bonds. The Hall–Kier alpha value is -4.20. The molecule has 8 heteroatoms. The van der Waals surface area contributed by atoms with E-state index in [1.807, 2.05) is 30.3 Å². The lowest BCUT2D eigenvalue weighted by molar-refractivity contribution is 0.277. The van der Waals surface area contributed by atoms with E-state index in [0.29, 0.717) is 5.75 Å². The number of hydrogen-bond donors (Lipinski definition) is 1. The first-order valence-electron chi connectivity index (χ1n) is 9.48. The zero-order valence-corrected chi connectivity index (χ0v) is 16.3. The number of aromatic amines is 1. The quantitative estimate of drug-likeness (QED) is 0.496. The van der Waals surface area contributed by atoms with Crippen LogP contribution in [0.2, 0.25) is 0 Å². The molecule has 0 saturated heterocycles. The second-order valence-electron chi connectivity index (χ2n) is 6.67. The molecule has 3 aromatic carbocycles. The van der Waals surface area contributed by atoms with E-state index in [2.05, 4.69) is 10.1 Å². The molecular formula is C23H18FN3O4. The summed E-state index contributed by atoms with van der Waals surface area (Å²) in [5, 5.41) is 4.04. The van der Waals surface area contributed by atoms with Gasteiger partial charge in [0.2, 0.25) is 0 Å². The van der Waals surface area contributed by atoms with Crippen molar-refractivity contribution in [3.8, 4) is 17.4 Å². The van der Waals surface area contributed by atoms with Crippen LogP contribution in [0.5, 0.6) is 17.4 Å². The van der Waals surface area contributed by atoms with Gasteiger partial charge in [-0.3, -0.25) is 9.78 Å². The highest BCUT2D eigenvalue weighted by Crippen LogP contribution is 2.24. The fourth-order valence-electron chi connectivity index (χ4n) is 2.83. The Bertz CT molecular complexity index is 1280. The van der Waals surface area contributed by atoms with Gasteiger partial charge in [0.05, 0.1) is 6.54 Å². The van der Waals surface area contributed by atoms with Gasteiger partial charge in [-0.25, -0.2) is 13.9 Å². The number of aromatic nitrogens is 3. The zero-order chi connectivity index (χ0) is 21.6. The van der Waals surface area contributed by atoms with Crippen LogP contribution in [0, 0.1) is 5.82 Å². The van der Waals surface area contributed by atoms with Gasteiger partial charge in [-0.15, -0.1) is 5.10 Å². The number of rotatable bonds is 7. The predicted octanol–water partition coefficient (Wildman–Crippen LogP) is 3.49. The van der Waals surface area contributed by atoms with E-state index in [-0.39, 0.29) is 24.8 Å². The number of nitrogens with one attached hydrogen (secondary N) is 1. The van der Waals surface area contributed by atoms with Gasteiger partial charge >= 0.3 is 11.2 Å². The van der Waals surface area contributed by atoms with E-state index in [9.17, 15) is 14.0 Å². The summed E-state index contributed by atoms with van der Waals surface area (Å²) in [5.41, 5.74) is 0.262. The van der Waals surface area contributed by atoms with E-state index >= 15 is 0 Å². The second kappa shape index (κ2) is 9.08. The van der Waals surface area contributed by atoms with E-state index in [0.717, 1.165) is 15.8 Å². The summed E-state index contributed by atoms with van der Waals surface area (Å²) in [6.45, 7) is 0.258. The SMILES string of the molecule is O=c1[nH]c(=O)n(Cc2ccc(Oc3ccccc3F)cc2)nc1OCc1ccccc1. The van der Waals surface area contributed by atoms with Crippen LogP contribution in [-0.2, 0) is 13.2 Å². The standard InChI is InChI=1S/C23H18FN3O4/c24-19-8-4-5-9-20(19)31-18-12-10-16(11-13-18)14-27-23(29)25-21(28)22(26-27)30-15-17-6-2-1-3-7-17/h1-13H,14-15H2,(H,25,28,29). The Morgan fingerprint density at radius 1 is 0.871 bits per heavy atom. The van der Waals surface area contributed by atoms with Crippen LogP contribution in [0.3, 0.4) is 0 Å². The van der Waals surface area contributed by atoms with Crippen molar-refractivity contribution in [2.45, 2.75) is 13.2 Å². The number of nitrogens with zero attached hydrogens (tertiary/aromatic N) is 2. The molecule has 1 aromatic heterocycles. The van der Waals surface area contributed by atoms with Gasteiger partial charge in [-0.1, -0.05) is 54.6 Å². The molecule has 7 nitrogen and oxygen atoms in total. The normalized spacial score (nSPS) is 10.6. The van der Waals surface area contributed by atoms with E-state index in [1.165, 1.54) is 12.1 Å². The molecule has 0 unspecified atom stereocenters. The molecule has 0 radical (unpaired) electrons. The topological polar surface area (TPSA) is 86.2 Å². The van der Waals surface area contributed by atoms with Crippen LogP contribution in [0.1, 0.15) is 11.1 Å². The van der Waals surface area contributed by atoms with Crippen LogP contribution in [0.25, 0.3) is 0 Å². The minimum absolute atomic E-state index is 0.108. The summed E-state index contributed by atoms with van der Waals surface area (Å²) >= 11 is 0. The molecule has 0 spiro atoms. The highest BCUT2D eigenvalue weighted by atomic mass is 19.1. The minimum atomic E-state index is -0.689. The third-order valence-electron chi connectivity index (χ3n) is 4.40. The summed E-state index contributed by atoms with van der Waals surface area (Å²) in [6, 6.07) is 22.2. The van der Waals surface area contributed by atoms with Crippen molar-refractivity contribution in [1.29, 1.82) is 0 Å². The Balaban J connectivity index is 1.47. The number of ether oxygens (including phenoxy) is 2. The summed E-state index contributed by atoms with van der Waals surface area (Å²) < 4.78 is 25.8. The zero-order valence-electron chi connectivity index (χ0n) is 16.3. The molecule has 0 bridgehead atoms. The van der Waals surface area contributed by atoms with Gasteiger partial charge in [0, 0.05) is 0 Å².